The third-order valence-electron chi connectivity index (χ3n) is 3.85. The Morgan fingerprint density at radius 1 is 1.23 bits per heavy atom. The lowest BCUT2D eigenvalue weighted by atomic mass is 9.83. The molecule has 0 saturated heterocycles. The van der Waals surface area contributed by atoms with Gasteiger partial charge in [0.2, 0.25) is 0 Å². The van der Waals surface area contributed by atoms with E-state index in [1.54, 1.807) is 12.1 Å². The highest BCUT2D eigenvalue weighted by Crippen LogP contribution is 2.39. The molecule has 0 radical (unpaired) electrons. The molecule has 2 N–H and O–H groups in total. The quantitative estimate of drug-likeness (QED) is 0.948. The molecule has 0 saturated carbocycles. The van der Waals surface area contributed by atoms with E-state index >= 15 is 0 Å². The van der Waals surface area contributed by atoms with Gasteiger partial charge in [0.1, 0.15) is 6.61 Å². The smallest absolute Gasteiger partial charge is 0.283 e. The van der Waals surface area contributed by atoms with Crippen LogP contribution in [0, 0.1) is 12.7 Å². The van der Waals surface area contributed by atoms with E-state index in [1.165, 1.54) is 13.2 Å². The van der Waals surface area contributed by atoms with E-state index in [9.17, 15) is 4.39 Å². The summed E-state index contributed by atoms with van der Waals surface area (Å²) in [4.78, 5) is 4.46. The van der Waals surface area contributed by atoms with Crippen molar-refractivity contribution in [1.29, 1.82) is 0 Å². The Morgan fingerprint density at radius 2 is 2.00 bits per heavy atom. The van der Waals surface area contributed by atoms with E-state index < -0.39 is 11.4 Å². The molecule has 2 aromatic carbocycles. The maximum absolute atomic E-state index is 14.1. The Balaban J connectivity index is 2.18. The largest absolute Gasteiger partial charge is 0.494 e. The molecule has 4 nitrogen and oxygen atoms in total. The normalized spacial score (nSPS) is 20.4. The van der Waals surface area contributed by atoms with E-state index in [2.05, 4.69) is 4.99 Å². The minimum Gasteiger partial charge on any atom is -0.494 e. The third-order valence-corrected chi connectivity index (χ3v) is 3.85. The van der Waals surface area contributed by atoms with Gasteiger partial charge >= 0.3 is 0 Å². The minimum absolute atomic E-state index is 0.109. The van der Waals surface area contributed by atoms with Crippen LogP contribution in [0.3, 0.4) is 0 Å². The lowest BCUT2D eigenvalue weighted by Gasteiger charge is -2.26. The first-order valence-electron chi connectivity index (χ1n) is 6.94. The van der Waals surface area contributed by atoms with Gasteiger partial charge in [0, 0.05) is 0 Å². The van der Waals surface area contributed by atoms with Gasteiger partial charge in [-0.25, -0.2) is 9.38 Å². The van der Waals surface area contributed by atoms with Crippen LogP contribution in [0.4, 0.5) is 4.39 Å². The van der Waals surface area contributed by atoms with Crippen molar-refractivity contribution in [3.05, 3.63) is 65.0 Å². The summed E-state index contributed by atoms with van der Waals surface area (Å²) in [5.74, 6) is -0.244. The number of benzene rings is 2. The topological polar surface area (TPSA) is 56.8 Å². The van der Waals surface area contributed by atoms with Crippen molar-refractivity contribution >= 4 is 6.02 Å². The average molecular weight is 300 g/mol. The van der Waals surface area contributed by atoms with Gasteiger partial charge in [0.05, 0.1) is 7.11 Å². The molecule has 0 aromatic heterocycles. The minimum atomic E-state index is -0.830. The van der Waals surface area contributed by atoms with Gasteiger partial charge in [-0.2, -0.15) is 0 Å². The SMILES string of the molecule is COc1ccc(C2(c3cccc(C)c3)COC(N)=N2)cc1F. The summed E-state index contributed by atoms with van der Waals surface area (Å²) in [6.45, 7) is 2.24. The van der Waals surface area contributed by atoms with Crippen molar-refractivity contribution in [3.8, 4) is 5.75 Å². The van der Waals surface area contributed by atoms with Gasteiger partial charge in [-0.3, -0.25) is 0 Å². The van der Waals surface area contributed by atoms with E-state index in [-0.39, 0.29) is 18.4 Å². The van der Waals surface area contributed by atoms with E-state index in [1.807, 2.05) is 31.2 Å². The Bertz CT molecular complexity index is 745. The summed E-state index contributed by atoms with van der Waals surface area (Å²) in [6, 6.07) is 12.8. The Hall–Kier alpha value is -2.56. The number of aryl methyl sites for hydroxylation is 1. The molecule has 0 amide bonds. The molecule has 3 rings (SSSR count). The molecule has 1 aliphatic rings. The Kier molecular flexibility index (Phi) is 3.48. The summed E-state index contributed by atoms with van der Waals surface area (Å²) in [5.41, 5.74) is 7.58. The number of nitrogens with two attached hydrogens (primary N) is 1. The molecule has 0 aliphatic carbocycles. The maximum Gasteiger partial charge on any atom is 0.283 e. The third kappa shape index (κ3) is 2.28. The molecule has 1 unspecified atom stereocenters. The fourth-order valence-electron chi connectivity index (χ4n) is 2.72. The molecule has 22 heavy (non-hydrogen) atoms. The first-order valence-corrected chi connectivity index (χ1v) is 6.94. The molecule has 0 spiro atoms. The van der Waals surface area contributed by atoms with Crippen molar-refractivity contribution in [2.24, 2.45) is 10.7 Å². The van der Waals surface area contributed by atoms with Crippen LogP contribution in [0.2, 0.25) is 0 Å². The Morgan fingerprint density at radius 3 is 2.59 bits per heavy atom. The number of hydrogen-bond donors (Lipinski definition) is 1. The number of halogens is 1. The molecule has 5 heteroatoms. The number of methoxy groups -OCH3 is 1. The highest BCUT2D eigenvalue weighted by Gasteiger charge is 2.40. The van der Waals surface area contributed by atoms with Crippen molar-refractivity contribution in [1.82, 2.24) is 0 Å². The average Bonchev–Trinajstić information content (AvgIpc) is 2.90. The van der Waals surface area contributed by atoms with Crippen LogP contribution >= 0.6 is 0 Å². The molecule has 0 bridgehead atoms. The number of nitrogens with zero attached hydrogens (tertiary/aromatic N) is 1. The van der Waals surface area contributed by atoms with E-state index in [0.717, 1.165) is 11.1 Å². The number of aliphatic imine (C=N–C) groups is 1. The molecule has 114 valence electrons. The number of amidine groups is 1. The van der Waals surface area contributed by atoms with Crippen molar-refractivity contribution in [2.75, 3.05) is 13.7 Å². The van der Waals surface area contributed by atoms with Gasteiger partial charge in [-0.15, -0.1) is 0 Å². The fourth-order valence-corrected chi connectivity index (χ4v) is 2.72. The first kappa shape index (κ1) is 14.4. The standard InChI is InChI=1S/C17H17FN2O2/c1-11-4-3-5-12(8-11)17(10-22-16(19)20-17)13-6-7-15(21-2)14(18)9-13/h3-9H,10H2,1-2H3,(H2,19,20). The van der Waals surface area contributed by atoms with Crippen LogP contribution in [0.5, 0.6) is 5.75 Å². The van der Waals surface area contributed by atoms with Gasteiger partial charge < -0.3 is 15.2 Å². The van der Waals surface area contributed by atoms with Crippen LogP contribution < -0.4 is 10.5 Å². The molecular weight excluding hydrogens is 283 g/mol. The first-order chi connectivity index (χ1) is 10.5. The zero-order valence-corrected chi connectivity index (χ0v) is 12.5. The molecule has 1 aliphatic heterocycles. The van der Waals surface area contributed by atoms with Gasteiger partial charge in [-0.1, -0.05) is 35.9 Å². The van der Waals surface area contributed by atoms with E-state index in [4.69, 9.17) is 15.2 Å². The zero-order valence-electron chi connectivity index (χ0n) is 12.5. The highest BCUT2D eigenvalue weighted by atomic mass is 19.1. The summed E-state index contributed by atoms with van der Waals surface area (Å²) in [6.07, 6.45) is 0. The number of hydrogen-bond acceptors (Lipinski definition) is 4. The molecule has 2 aromatic rings. The summed E-state index contributed by atoms with van der Waals surface area (Å²) in [7, 11) is 1.43. The monoisotopic (exact) mass is 300 g/mol. The second-order valence-electron chi connectivity index (χ2n) is 5.32. The molecule has 0 fully saturated rings. The predicted molar refractivity (Wildman–Crippen MR) is 82.5 cm³/mol. The maximum atomic E-state index is 14.1. The second kappa shape index (κ2) is 5.33. The Labute approximate surface area is 128 Å². The van der Waals surface area contributed by atoms with Crippen molar-refractivity contribution in [3.63, 3.8) is 0 Å². The van der Waals surface area contributed by atoms with Gasteiger partial charge in [0.25, 0.3) is 6.02 Å². The van der Waals surface area contributed by atoms with Gasteiger partial charge in [-0.05, 0) is 30.2 Å². The second-order valence-corrected chi connectivity index (χ2v) is 5.32. The van der Waals surface area contributed by atoms with Gasteiger partial charge in [0.15, 0.2) is 17.1 Å². The lowest BCUT2D eigenvalue weighted by Crippen LogP contribution is -2.27. The van der Waals surface area contributed by atoms with Crippen LogP contribution in [-0.2, 0) is 10.3 Å². The molecule has 1 heterocycles. The van der Waals surface area contributed by atoms with Crippen LogP contribution in [-0.4, -0.2) is 19.7 Å². The van der Waals surface area contributed by atoms with Crippen LogP contribution in [0.25, 0.3) is 0 Å². The molecular formula is C17H17FN2O2. The highest BCUT2D eigenvalue weighted by molar-refractivity contribution is 5.75. The summed E-state index contributed by atoms with van der Waals surface area (Å²) < 4.78 is 24.5. The predicted octanol–water partition coefficient (Wildman–Crippen LogP) is 2.73. The number of ether oxygens (including phenoxy) is 2. The molecule has 1 atom stereocenters. The zero-order chi connectivity index (χ0) is 15.7. The van der Waals surface area contributed by atoms with Crippen LogP contribution in [0.15, 0.2) is 47.5 Å². The van der Waals surface area contributed by atoms with Crippen molar-refractivity contribution < 1.29 is 13.9 Å². The summed E-state index contributed by atoms with van der Waals surface area (Å²) in [5, 5.41) is 0. The lowest BCUT2D eigenvalue weighted by molar-refractivity contribution is 0.278. The summed E-state index contributed by atoms with van der Waals surface area (Å²) >= 11 is 0. The number of rotatable bonds is 3. The van der Waals surface area contributed by atoms with Crippen molar-refractivity contribution in [2.45, 2.75) is 12.5 Å². The fraction of sp³-hybridized carbons (Fsp3) is 0.235. The van der Waals surface area contributed by atoms with E-state index in [0.29, 0.717) is 5.56 Å². The van der Waals surface area contributed by atoms with Crippen LogP contribution in [0.1, 0.15) is 16.7 Å².